The number of aromatic hydroxyl groups is 1. The number of ether oxygens (including phenoxy) is 1. The minimum Gasteiger partial charge on any atom is -0.508 e. The van der Waals surface area contributed by atoms with Crippen molar-refractivity contribution in [2.45, 2.75) is 25.9 Å². The Kier molecular flexibility index (Phi) is 5.08. The van der Waals surface area contributed by atoms with Crippen LogP contribution in [0.2, 0.25) is 0 Å². The van der Waals surface area contributed by atoms with Crippen molar-refractivity contribution < 1.29 is 14.9 Å². The molecule has 3 N–H and O–H groups in total. The van der Waals surface area contributed by atoms with E-state index in [2.05, 4.69) is 5.32 Å². The molecule has 0 fully saturated rings. The molecule has 0 spiro atoms. The van der Waals surface area contributed by atoms with Gasteiger partial charge in [-0.05, 0) is 24.6 Å². The summed E-state index contributed by atoms with van der Waals surface area (Å²) in [7, 11) is 1.59. The zero-order valence-electron chi connectivity index (χ0n) is 9.73. The van der Waals surface area contributed by atoms with Crippen molar-refractivity contribution in [3.05, 3.63) is 23.8 Å². The lowest BCUT2D eigenvalue weighted by Crippen LogP contribution is -2.31. The summed E-state index contributed by atoms with van der Waals surface area (Å²) >= 11 is 0. The molecule has 1 rings (SSSR count). The number of phenols is 1. The Morgan fingerprint density at radius 2 is 2.19 bits per heavy atom. The van der Waals surface area contributed by atoms with E-state index in [-0.39, 0.29) is 18.4 Å². The van der Waals surface area contributed by atoms with Gasteiger partial charge in [0.2, 0.25) is 0 Å². The lowest BCUT2D eigenvalue weighted by molar-refractivity contribution is 0.238. The van der Waals surface area contributed by atoms with Crippen LogP contribution in [0.25, 0.3) is 0 Å². The molecule has 0 unspecified atom stereocenters. The molecule has 4 nitrogen and oxygen atoms in total. The van der Waals surface area contributed by atoms with E-state index in [9.17, 15) is 5.11 Å². The number of nitrogens with one attached hydrogen (secondary N) is 1. The van der Waals surface area contributed by atoms with Gasteiger partial charge in [-0.25, -0.2) is 0 Å². The Morgan fingerprint density at radius 1 is 1.44 bits per heavy atom. The normalized spacial score (nSPS) is 12.4. The third-order valence-corrected chi connectivity index (χ3v) is 2.58. The SMILES string of the molecule is CC[C@H](CO)NCc1cc(OC)ccc1O. The second-order valence-corrected chi connectivity index (χ2v) is 3.66. The second kappa shape index (κ2) is 6.35. The van der Waals surface area contributed by atoms with Crippen molar-refractivity contribution in [1.82, 2.24) is 5.32 Å². The maximum Gasteiger partial charge on any atom is 0.120 e. The van der Waals surface area contributed by atoms with Gasteiger partial charge >= 0.3 is 0 Å². The average Bonchev–Trinajstić information content (AvgIpc) is 2.32. The minimum atomic E-state index is 0.0607. The van der Waals surface area contributed by atoms with E-state index in [1.54, 1.807) is 25.3 Å². The van der Waals surface area contributed by atoms with Crippen LogP contribution >= 0.6 is 0 Å². The molecule has 1 aromatic rings. The molecule has 1 atom stereocenters. The molecule has 0 radical (unpaired) electrons. The van der Waals surface area contributed by atoms with Gasteiger partial charge in [0.05, 0.1) is 13.7 Å². The number of rotatable bonds is 6. The fraction of sp³-hybridized carbons (Fsp3) is 0.500. The van der Waals surface area contributed by atoms with Gasteiger partial charge in [0.25, 0.3) is 0 Å². The fourth-order valence-corrected chi connectivity index (χ4v) is 1.42. The number of hydrogen-bond acceptors (Lipinski definition) is 4. The molecule has 16 heavy (non-hydrogen) atoms. The monoisotopic (exact) mass is 225 g/mol. The Balaban J connectivity index is 2.65. The standard InChI is InChI=1S/C12H19NO3/c1-3-10(8-14)13-7-9-6-11(16-2)4-5-12(9)15/h4-6,10,13-15H,3,7-8H2,1-2H3/t10-/m1/s1. The van der Waals surface area contributed by atoms with Gasteiger partial charge in [-0.3, -0.25) is 0 Å². The molecular weight excluding hydrogens is 206 g/mol. The molecule has 0 aliphatic rings. The zero-order valence-corrected chi connectivity index (χ0v) is 9.73. The van der Waals surface area contributed by atoms with Gasteiger partial charge in [-0.2, -0.15) is 0 Å². The van der Waals surface area contributed by atoms with Crippen LogP contribution in [0.3, 0.4) is 0 Å². The van der Waals surface area contributed by atoms with E-state index in [1.807, 2.05) is 6.92 Å². The molecule has 0 aromatic heterocycles. The summed E-state index contributed by atoms with van der Waals surface area (Å²) in [4.78, 5) is 0. The van der Waals surface area contributed by atoms with Gasteiger partial charge in [-0.15, -0.1) is 0 Å². The largest absolute Gasteiger partial charge is 0.508 e. The molecule has 90 valence electrons. The highest BCUT2D eigenvalue weighted by Gasteiger charge is 2.07. The molecule has 0 heterocycles. The summed E-state index contributed by atoms with van der Waals surface area (Å²) in [5.74, 6) is 0.952. The van der Waals surface area contributed by atoms with E-state index >= 15 is 0 Å². The van der Waals surface area contributed by atoms with Crippen LogP contribution in [0.1, 0.15) is 18.9 Å². The maximum absolute atomic E-state index is 9.63. The lowest BCUT2D eigenvalue weighted by atomic mass is 10.1. The second-order valence-electron chi connectivity index (χ2n) is 3.66. The van der Waals surface area contributed by atoms with Crippen LogP contribution in [0.5, 0.6) is 11.5 Å². The first-order chi connectivity index (χ1) is 7.71. The summed E-state index contributed by atoms with van der Waals surface area (Å²) in [6, 6.07) is 5.16. The Bertz CT molecular complexity index is 324. The summed E-state index contributed by atoms with van der Waals surface area (Å²) in [6.45, 7) is 2.61. The fourth-order valence-electron chi connectivity index (χ4n) is 1.42. The van der Waals surface area contributed by atoms with Crippen LogP contribution in [-0.2, 0) is 6.54 Å². The molecule has 0 saturated heterocycles. The molecule has 0 amide bonds. The molecular formula is C12H19NO3. The van der Waals surface area contributed by atoms with Crippen molar-refractivity contribution in [3.8, 4) is 11.5 Å². The summed E-state index contributed by atoms with van der Waals surface area (Å²) in [5, 5.41) is 21.8. The first-order valence-electron chi connectivity index (χ1n) is 5.41. The number of aliphatic hydroxyl groups excluding tert-OH is 1. The molecule has 0 bridgehead atoms. The predicted octanol–water partition coefficient (Wildman–Crippen LogP) is 1.26. The van der Waals surface area contributed by atoms with Crippen molar-refractivity contribution >= 4 is 0 Å². The Labute approximate surface area is 95.9 Å². The highest BCUT2D eigenvalue weighted by molar-refractivity contribution is 5.39. The Morgan fingerprint density at radius 3 is 2.75 bits per heavy atom. The summed E-state index contributed by atoms with van der Waals surface area (Å²) in [5.41, 5.74) is 0.770. The smallest absolute Gasteiger partial charge is 0.120 e. The van der Waals surface area contributed by atoms with E-state index in [0.29, 0.717) is 12.3 Å². The van der Waals surface area contributed by atoms with E-state index < -0.39 is 0 Å². The van der Waals surface area contributed by atoms with Gasteiger partial charge in [0.1, 0.15) is 11.5 Å². The zero-order chi connectivity index (χ0) is 12.0. The number of aliphatic hydroxyl groups is 1. The van der Waals surface area contributed by atoms with E-state index in [0.717, 1.165) is 12.0 Å². The van der Waals surface area contributed by atoms with Gasteiger partial charge in [0.15, 0.2) is 0 Å². The highest BCUT2D eigenvalue weighted by Crippen LogP contribution is 2.22. The van der Waals surface area contributed by atoms with Gasteiger partial charge < -0.3 is 20.3 Å². The van der Waals surface area contributed by atoms with Gasteiger partial charge in [-0.1, -0.05) is 6.92 Å². The molecule has 0 aliphatic heterocycles. The predicted molar refractivity (Wildman–Crippen MR) is 62.7 cm³/mol. The van der Waals surface area contributed by atoms with Crippen LogP contribution in [0.4, 0.5) is 0 Å². The molecule has 0 saturated carbocycles. The third-order valence-electron chi connectivity index (χ3n) is 2.58. The lowest BCUT2D eigenvalue weighted by Gasteiger charge is -2.15. The minimum absolute atomic E-state index is 0.0607. The first-order valence-corrected chi connectivity index (χ1v) is 5.41. The van der Waals surface area contributed by atoms with Crippen molar-refractivity contribution in [1.29, 1.82) is 0 Å². The van der Waals surface area contributed by atoms with Crippen molar-refractivity contribution in [3.63, 3.8) is 0 Å². The number of phenolic OH excluding ortho intramolecular Hbond substituents is 1. The topological polar surface area (TPSA) is 61.7 Å². The average molecular weight is 225 g/mol. The van der Waals surface area contributed by atoms with Crippen LogP contribution < -0.4 is 10.1 Å². The molecule has 1 aromatic carbocycles. The summed E-state index contributed by atoms with van der Waals surface area (Å²) < 4.78 is 5.08. The van der Waals surface area contributed by atoms with E-state index in [4.69, 9.17) is 9.84 Å². The van der Waals surface area contributed by atoms with Crippen LogP contribution in [0, 0.1) is 0 Å². The third kappa shape index (κ3) is 3.40. The summed E-state index contributed by atoms with van der Waals surface area (Å²) in [6.07, 6.45) is 0.848. The highest BCUT2D eigenvalue weighted by atomic mass is 16.5. The van der Waals surface area contributed by atoms with Crippen molar-refractivity contribution in [2.75, 3.05) is 13.7 Å². The van der Waals surface area contributed by atoms with Crippen molar-refractivity contribution in [2.24, 2.45) is 0 Å². The van der Waals surface area contributed by atoms with Crippen LogP contribution in [0.15, 0.2) is 18.2 Å². The number of benzene rings is 1. The quantitative estimate of drug-likeness (QED) is 0.682. The maximum atomic E-state index is 9.63. The van der Waals surface area contributed by atoms with E-state index in [1.165, 1.54) is 0 Å². The number of methoxy groups -OCH3 is 1. The number of hydrogen-bond donors (Lipinski definition) is 3. The first kappa shape index (κ1) is 12.8. The Hall–Kier alpha value is -1.26. The van der Waals surface area contributed by atoms with Gasteiger partial charge in [0, 0.05) is 18.2 Å². The molecule has 4 heteroatoms. The molecule has 0 aliphatic carbocycles. The van der Waals surface area contributed by atoms with Crippen LogP contribution in [-0.4, -0.2) is 30.0 Å².